The number of fused-ring (bicyclic) bond motifs is 1. The molecule has 7 atom stereocenters. The SMILES string of the molecule is C=C1/C(=C\C=C2/CCC[C@]3(C)[C@@H]([C@H](C)CC[C@H](O)c4nccs4)CC[C@@H]23)C[C@@H](O)C[C@@H]1O. The number of aromatic nitrogens is 1. The number of hydrogen-bond acceptors (Lipinski definition) is 5. The molecule has 0 spiro atoms. The maximum Gasteiger partial charge on any atom is 0.121 e. The van der Waals surface area contributed by atoms with Gasteiger partial charge in [-0.15, -0.1) is 11.3 Å². The first kappa shape index (κ1) is 23.9. The highest BCUT2D eigenvalue weighted by Gasteiger charge is 2.50. The molecule has 3 N–H and O–H groups in total. The van der Waals surface area contributed by atoms with Gasteiger partial charge in [0.2, 0.25) is 0 Å². The van der Waals surface area contributed by atoms with Crippen molar-refractivity contribution in [1.82, 2.24) is 4.98 Å². The maximum absolute atomic E-state index is 10.5. The minimum absolute atomic E-state index is 0.316. The van der Waals surface area contributed by atoms with E-state index in [4.69, 9.17) is 0 Å². The molecule has 176 valence electrons. The Morgan fingerprint density at radius 1 is 1.28 bits per heavy atom. The topological polar surface area (TPSA) is 73.6 Å². The van der Waals surface area contributed by atoms with Gasteiger partial charge in [0.15, 0.2) is 0 Å². The van der Waals surface area contributed by atoms with Gasteiger partial charge in [0.1, 0.15) is 11.1 Å². The summed E-state index contributed by atoms with van der Waals surface area (Å²) >= 11 is 1.54. The van der Waals surface area contributed by atoms with Gasteiger partial charge in [0, 0.05) is 18.0 Å². The molecule has 3 saturated carbocycles. The van der Waals surface area contributed by atoms with Crippen molar-refractivity contribution in [2.75, 3.05) is 0 Å². The number of hydrogen-bond donors (Lipinski definition) is 3. The molecule has 1 aromatic heterocycles. The molecule has 0 unspecified atom stereocenters. The van der Waals surface area contributed by atoms with E-state index < -0.39 is 18.3 Å². The van der Waals surface area contributed by atoms with Crippen LogP contribution in [-0.2, 0) is 0 Å². The average molecular weight is 458 g/mol. The molecule has 3 aliphatic rings. The van der Waals surface area contributed by atoms with Crippen LogP contribution in [0.4, 0.5) is 0 Å². The Hall–Kier alpha value is -1.27. The summed E-state index contributed by atoms with van der Waals surface area (Å²) in [7, 11) is 0. The van der Waals surface area contributed by atoms with Gasteiger partial charge in [0.05, 0.1) is 12.2 Å². The second-order valence-electron chi connectivity index (χ2n) is 10.6. The molecule has 3 fully saturated rings. The Balaban J connectivity index is 1.44. The zero-order valence-electron chi connectivity index (χ0n) is 19.5. The van der Waals surface area contributed by atoms with Crippen LogP contribution in [0.5, 0.6) is 0 Å². The number of thiazole rings is 1. The maximum atomic E-state index is 10.5. The van der Waals surface area contributed by atoms with Gasteiger partial charge in [-0.3, -0.25) is 0 Å². The molecule has 4 nitrogen and oxygen atoms in total. The van der Waals surface area contributed by atoms with Crippen molar-refractivity contribution in [2.24, 2.45) is 23.2 Å². The Morgan fingerprint density at radius 3 is 2.84 bits per heavy atom. The molecule has 0 bridgehead atoms. The zero-order valence-corrected chi connectivity index (χ0v) is 20.4. The van der Waals surface area contributed by atoms with Crippen LogP contribution in [0.1, 0.15) is 82.7 Å². The van der Waals surface area contributed by atoms with E-state index in [9.17, 15) is 15.3 Å². The fraction of sp³-hybridized carbons (Fsp3) is 0.667. The smallest absolute Gasteiger partial charge is 0.121 e. The largest absolute Gasteiger partial charge is 0.393 e. The van der Waals surface area contributed by atoms with Gasteiger partial charge < -0.3 is 15.3 Å². The van der Waals surface area contributed by atoms with Crippen molar-refractivity contribution in [2.45, 2.75) is 89.9 Å². The Labute approximate surface area is 196 Å². The van der Waals surface area contributed by atoms with Crippen LogP contribution in [0.3, 0.4) is 0 Å². The normalized spacial score (nSPS) is 37.6. The van der Waals surface area contributed by atoms with E-state index in [0.717, 1.165) is 35.4 Å². The third kappa shape index (κ3) is 4.82. The summed E-state index contributed by atoms with van der Waals surface area (Å²) < 4.78 is 0. The van der Waals surface area contributed by atoms with Crippen LogP contribution in [0, 0.1) is 23.2 Å². The number of allylic oxidation sites excluding steroid dienone is 3. The van der Waals surface area contributed by atoms with E-state index in [0.29, 0.717) is 36.0 Å². The summed E-state index contributed by atoms with van der Waals surface area (Å²) in [6.07, 6.45) is 13.6. The predicted molar refractivity (Wildman–Crippen MR) is 130 cm³/mol. The highest BCUT2D eigenvalue weighted by Crippen LogP contribution is 2.60. The van der Waals surface area contributed by atoms with Gasteiger partial charge in [-0.25, -0.2) is 4.98 Å². The van der Waals surface area contributed by atoms with Crippen LogP contribution >= 0.6 is 11.3 Å². The molecule has 0 radical (unpaired) electrons. The van der Waals surface area contributed by atoms with Crippen LogP contribution in [-0.4, -0.2) is 32.5 Å². The summed E-state index contributed by atoms with van der Waals surface area (Å²) in [6, 6.07) is 0. The molecule has 32 heavy (non-hydrogen) atoms. The third-order valence-corrected chi connectivity index (χ3v) is 9.50. The monoisotopic (exact) mass is 457 g/mol. The second-order valence-corrected chi connectivity index (χ2v) is 11.5. The minimum Gasteiger partial charge on any atom is -0.393 e. The first-order chi connectivity index (χ1) is 15.3. The van der Waals surface area contributed by atoms with Crippen molar-refractivity contribution in [3.05, 3.63) is 52.0 Å². The zero-order chi connectivity index (χ0) is 22.9. The molecular weight excluding hydrogens is 418 g/mol. The number of rotatable bonds is 6. The molecule has 0 aromatic carbocycles. The van der Waals surface area contributed by atoms with Gasteiger partial charge in [0.25, 0.3) is 0 Å². The van der Waals surface area contributed by atoms with Crippen molar-refractivity contribution < 1.29 is 15.3 Å². The summed E-state index contributed by atoms with van der Waals surface area (Å²) in [4.78, 5) is 4.27. The van der Waals surface area contributed by atoms with Crippen molar-refractivity contribution in [1.29, 1.82) is 0 Å². The quantitative estimate of drug-likeness (QED) is 0.510. The van der Waals surface area contributed by atoms with Crippen molar-refractivity contribution in [3.63, 3.8) is 0 Å². The van der Waals surface area contributed by atoms with Gasteiger partial charge in [-0.2, -0.15) is 0 Å². The van der Waals surface area contributed by atoms with E-state index >= 15 is 0 Å². The van der Waals surface area contributed by atoms with E-state index in [2.05, 4.69) is 37.6 Å². The van der Waals surface area contributed by atoms with Crippen LogP contribution < -0.4 is 0 Å². The molecule has 1 heterocycles. The molecule has 4 rings (SSSR count). The molecule has 0 amide bonds. The minimum atomic E-state index is -0.628. The lowest BCUT2D eigenvalue weighted by Gasteiger charge is -2.44. The summed E-state index contributed by atoms with van der Waals surface area (Å²) in [5, 5.41) is 33.5. The van der Waals surface area contributed by atoms with E-state index in [1.165, 1.54) is 42.6 Å². The van der Waals surface area contributed by atoms with Crippen LogP contribution in [0.2, 0.25) is 0 Å². The molecule has 1 aromatic rings. The molecule has 0 saturated heterocycles. The first-order valence-electron chi connectivity index (χ1n) is 12.3. The second kappa shape index (κ2) is 9.92. The highest BCUT2D eigenvalue weighted by atomic mass is 32.1. The van der Waals surface area contributed by atoms with Gasteiger partial charge >= 0.3 is 0 Å². The molecule has 5 heteroatoms. The van der Waals surface area contributed by atoms with E-state index in [-0.39, 0.29) is 0 Å². The van der Waals surface area contributed by atoms with E-state index in [1.54, 1.807) is 6.20 Å². The summed E-state index contributed by atoms with van der Waals surface area (Å²) in [6.45, 7) is 8.93. The standard InChI is InChI=1S/C27H39NO3S/c1-17(6-11-24(30)26-28-13-14-32-26)22-9-10-23-19(5-4-12-27(22,23)3)7-8-20-15-21(29)16-25(31)18(20)2/h7-8,13-14,17,21-25,29-31H,2,4-6,9-12,15-16H2,1,3H3/b19-7+,20-8-/t17-,21-,22-,23+,24+,25+,27-/m1/s1. The van der Waals surface area contributed by atoms with Crippen LogP contribution in [0.25, 0.3) is 0 Å². The highest BCUT2D eigenvalue weighted by molar-refractivity contribution is 7.09. The van der Waals surface area contributed by atoms with Crippen molar-refractivity contribution >= 4 is 11.3 Å². The lowest BCUT2D eigenvalue weighted by Crippen LogP contribution is -2.36. The molecule has 3 aliphatic carbocycles. The third-order valence-electron chi connectivity index (χ3n) is 8.62. The fourth-order valence-corrected chi connectivity index (χ4v) is 7.48. The van der Waals surface area contributed by atoms with E-state index in [1.807, 2.05) is 5.38 Å². The number of nitrogens with zero attached hydrogens (tertiary/aromatic N) is 1. The van der Waals surface area contributed by atoms with Gasteiger partial charge in [-0.05, 0) is 85.7 Å². The van der Waals surface area contributed by atoms with Gasteiger partial charge in [-0.1, -0.05) is 38.2 Å². The predicted octanol–water partition coefficient (Wildman–Crippen LogP) is 5.73. The lowest BCUT2D eigenvalue weighted by molar-refractivity contribution is 0.0823. The Morgan fingerprint density at radius 2 is 2.09 bits per heavy atom. The number of aliphatic hydroxyl groups is 3. The Bertz CT molecular complexity index is 860. The number of aliphatic hydroxyl groups excluding tert-OH is 3. The van der Waals surface area contributed by atoms with Crippen LogP contribution in [0.15, 0.2) is 47.0 Å². The lowest BCUT2D eigenvalue weighted by atomic mass is 9.60. The molecular formula is C27H39NO3S. The average Bonchev–Trinajstić information content (AvgIpc) is 3.41. The first-order valence-corrected chi connectivity index (χ1v) is 13.2. The fourth-order valence-electron chi connectivity index (χ4n) is 6.82. The molecule has 0 aliphatic heterocycles. The summed E-state index contributed by atoms with van der Waals surface area (Å²) in [5.74, 6) is 1.87. The summed E-state index contributed by atoms with van der Waals surface area (Å²) in [5.41, 5.74) is 3.61. The Kier molecular flexibility index (Phi) is 7.40. The van der Waals surface area contributed by atoms with Crippen molar-refractivity contribution in [3.8, 4) is 0 Å².